The lowest BCUT2D eigenvalue weighted by molar-refractivity contribution is 0.0700. The van der Waals surface area contributed by atoms with Crippen molar-refractivity contribution in [2.24, 2.45) is 0 Å². The number of rotatable bonds is 5. The van der Waals surface area contributed by atoms with E-state index in [1.165, 1.54) is 17.8 Å². The van der Waals surface area contributed by atoms with E-state index in [0.717, 1.165) is 43.2 Å². The van der Waals surface area contributed by atoms with Crippen molar-refractivity contribution in [1.82, 2.24) is 9.88 Å². The molecule has 1 aliphatic rings. The van der Waals surface area contributed by atoms with E-state index in [4.69, 9.17) is 0 Å². The number of aryl methyl sites for hydroxylation is 1. The highest BCUT2D eigenvalue weighted by atomic mass is 32.1. The minimum atomic E-state index is -0.855. The number of nitrogens with zero attached hydrogens (tertiary/aromatic N) is 3. The summed E-state index contributed by atoms with van der Waals surface area (Å²) in [5.74, 6) is -0.855. The molecule has 20 heavy (non-hydrogen) atoms. The van der Waals surface area contributed by atoms with Crippen molar-refractivity contribution in [2.45, 2.75) is 38.6 Å². The topological polar surface area (TPSA) is 56.7 Å². The number of likely N-dealkylation sites (tertiary alicyclic amines) is 1. The van der Waals surface area contributed by atoms with Gasteiger partial charge in [-0.3, -0.25) is 0 Å². The van der Waals surface area contributed by atoms with Crippen LogP contribution < -0.4 is 4.90 Å². The number of anilines is 1. The van der Waals surface area contributed by atoms with Crippen molar-refractivity contribution in [3.63, 3.8) is 0 Å². The fraction of sp³-hybridized carbons (Fsp3) is 0.714. The minimum Gasteiger partial charge on any atom is -0.477 e. The Morgan fingerprint density at radius 3 is 2.95 bits per heavy atom. The number of thiazole rings is 1. The number of aromatic carboxylic acids is 1. The van der Waals surface area contributed by atoms with Crippen molar-refractivity contribution in [3.05, 3.63) is 10.6 Å². The van der Waals surface area contributed by atoms with Crippen LogP contribution in [-0.2, 0) is 6.42 Å². The third-order valence-corrected chi connectivity index (χ3v) is 4.99. The third kappa shape index (κ3) is 3.30. The van der Waals surface area contributed by atoms with Crippen LogP contribution >= 0.6 is 11.3 Å². The molecule has 1 N–H and O–H groups in total. The second kappa shape index (κ2) is 6.54. The second-order valence-corrected chi connectivity index (χ2v) is 6.47. The lowest BCUT2D eigenvalue weighted by atomic mass is 10.1. The van der Waals surface area contributed by atoms with E-state index >= 15 is 0 Å². The Labute approximate surface area is 124 Å². The molecule has 1 atom stereocenters. The molecule has 0 saturated carbocycles. The number of piperidine rings is 1. The van der Waals surface area contributed by atoms with Gasteiger partial charge in [0, 0.05) is 19.6 Å². The standard InChI is InChI=1S/C14H23N3O2S/c1-4-6-11-12(13(18)19)20-14(15-11)17(3)10-7-5-8-16(2)9-10/h10H,4-9H2,1-3H3,(H,18,19). The molecule has 0 bridgehead atoms. The predicted molar refractivity (Wildman–Crippen MR) is 82.0 cm³/mol. The van der Waals surface area contributed by atoms with Crippen LogP contribution in [0.15, 0.2) is 0 Å². The Morgan fingerprint density at radius 2 is 2.35 bits per heavy atom. The summed E-state index contributed by atoms with van der Waals surface area (Å²) in [5, 5.41) is 10.1. The fourth-order valence-corrected chi connectivity index (χ4v) is 3.66. The maximum Gasteiger partial charge on any atom is 0.347 e. The molecule has 1 saturated heterocycles. The van der Waals surface area contributed by atoms with Gasteiger partial charge in [-0.1, -0.05) is 24.7 Å². The summed E-state index contributed by atoms with van der Waals surface area (Å²) in [6.07, 6.45) is 3.98. The first kappa shape index (κ1) is 15.3. The molecule has 1 unspecified atom stereocenters. The summed E-state index contributed by atoms with van der Waals surface area (Å²) in [7, 11) is 4.16. The van der Waals surface area contributed by atoms with Crippen molar-refractivity contribution >= 4 is 22.4 Å². The zero-order chi connectivity index (χ0) is 14.7. The molecule has 0 amide bonds. The van der Waals surface area contributed by atoms with Crippen LogP contribution in [0.1, 0.15) is 41.6 Å². The summed E-state index contributed by atoms with van der Waals surface area (Å²) in [6.45, 7) is 4.20. The number of carboxylic acid groups (broad SMARTS) is 1. The highest BCUT2D eigenvalue weighted by Gasteiger charge is 2.25. The summed E-state index contributed by atoms with van der Waals surface area (Å²) in [4.78, 5) is 20.8. The molecule has 1 aromatic rings. The number of likely N-dealkylation sites (N-methyl/N-ethyl adjacent to an activating group) is 2. The Balaban J connectivity index is 2.18. The predicted octanol–water partition coefficient (Wildman–Crippen LogP) is 2.32. The molecule has 0 spiro atoms. The molecule has 1 aliphatic heterocycles. The number of aromatic nitrogens is 1. The average Bonchev–Trinajstić information content (AvgIpc) is 2.82. The van der Waals surface area contributed by atoms with Gasteiger partial charge in [0.25, 0.3) is 0 Å². The summed E-state index contributed by atoms with van der Waals surface area (Å²) >= 11 is 1.31. The molecule has 6 heteroatoms. The molecule has 1 aromatic heterocycles. The molecule has 112 valence electrons. The molecular formula is C14H23N3O2S. The van der Waals surface area contributed by atoms with E-state index in [-0.39, 0.29) is 0 Å². The first-order valence-corrected chi connectivity index (χ1v) is 7.99. The third-order valence-electron chi connectivity index (χ3n) is 3.82. The number of hydrogen-bond donors (Lipinski definition) is 1. The lowest BCUT2D eigenvalue weighted by Gasteiger charge is -2.35. The lowest BCUT2D eigenvalue weighted by Crippen LogP contribution is -2.45. The fourth-order valence-electron chi connectivity index (χ4n) is 2.67. The van der Waals surface area contributed by atoms with E-state index < -0.39 is 5.97 Å². The quantitative estimate of drug-likeness (QED) is 0.904. The van der Waals surface area contributed by atoms with Crippen LogP contribution in [0.2, 0.25) is 0 Å². The van der Waals surface area contributed by atoms with Crippen LogP contribution in [0.4, 0.5) is 5.13 Å². The SMILES string of the molecule is CCCc1nc(N(C)C2CCCN(C)C2)sc1C(=O)O. The van der Waals surface area contributed by atoms with Crippen molar-refractivity contribution in [2.75, 3.05) is 32.1 Å². The van der Waals surface area contributed by atoms with Crippen LogP contribution in [0, 0.1) is 0 Å². The summed E-state index contributed by atoms with van der Waals surface area (Å²) in [6, 6.07) is 0.427. The summed E-state index contributed by atoms with van der Waals surface area (Å²) < 4.78 is 0. The van der Waals surface area contributed by atoms with E-state index in [1.807, 2.05) is 14.0 Å². The zero-order valence-corrected chi connectivity index (χ0v) is 13.2. The molecule has 1 fully saturated rings. The average molecular weight is 297 g/mol. The van der Waals surface area contributed by atoms with E-state index in [9.17, 15) is 9.90 Å². The molecule has 0 aromatic carbocycles. The monoisotopic (exact) mass is 297 g/mol. The molecule has 5 nitrogen and oxygen atoms in total. The molecule has 0 radical (unpaired) electrons. The van der Waals surface area contributed by atoms with Crippen LogP contribution in [-0.4, -0.2) is 54.2 Å². The van der Waals surface area contributed by atoms with Gasteiger partial charge in [-0.15, -0.1) is 0 Å². The summed E-state index contributed by atoms with van der Waals surface area (Å²) in [5.41, 5.74) is 0.732. The van der Waals surface area contributed by atoms with Crippen molar-refractivity contribution in [3.8, 4) is 0 Å². The smallest absolute Gasteiger partial charge is 0.347 e. The Morgan fingerprint density at radius 1 is 1.60 bits per heavy atom. The van der Waals surface area contributed by atoms with Gasteiger partial charge in [0.2, 0.25) is 0 Å². The number of carboxylic acids is 1. The van der Waals surface area contributed by atoms with Gasteiger partial charge in [0.15, 0.2) is 5.13 Å². The second-order valence-electron chi connectivity index (χ2n) is 5.50. The highest BCUT2D eigenvalue weighted by Crippen LogP contribution is 2.29. The van der Waals surface area contributed by atoms with E-state index in [0.29, 0.717) is 10.9 Å². The minimum absolute atomic E-state index is 0.401. The first-order chi connectivity index (χ1) is 9.52. The highest BCUT2D eigenvalue weighted by molar-refractivity contribution is 7.17. The van der Waals surface area contributed by atoms with Gasteiger partial charge >= 0.3 is 5.97 Å². The van der Waals surface area contributed by atoms with Gasteiger partial charge in [0.05, 0.1) is 5.69 Å². The van der Waals surface area contributed by atoms with E-state index in [1.54, 1.807) is 0 Å². The normalized spacial score (nSPS) is 20.1. The van der Waals surface area contributed by atoms with Gasteiger partial charge < -0.3 is 14.9 Å². The van der Waals surface area contributed by atoms with Crippen LogP contribution in [0.25, 0.3) is 0 Å². The molecule has 0 aliphatic carbocycles. The van der Waals surface area contributed by atoms with Crippen molar-refractivity contribution < 1.29 is 9.90 Å². The Bertz CT molecular complexity index is 475. The van der Waals surface area contributed by atoms with Gasteiger partial charge in [-0.2, -0.15) is 0 Å². The molecule has 2 heterocycles. The Kier molecular flexibility index (Phi) is 4.99. The number of hydrogen-bond acceptors (Lipinski definition) is 5. The van der Waals surface area contributed by atoms with Crippen LogP contribution in [0.3, 0.4) is 0 Å². The maximum atomic E-state index is 11.3. The van der Waals surface area contributed by atoms with Crippen LogP contribution in [0.5, 0.6) is 0 Å². The van der Waals surface area contributed by atoms with Gasteiger partial charge in [-0.25, -0.2) is 9.78 Å². The first-order valence-electron chi connectivity index (χ1n) is 7.17. The Hall–Kier alpha value is -1.14. The number of carbonyl (C=O) groups is 1. The van der Waals surface area contributed by atoms with E-state index in [2.05, 4.69) is 21.8 Å². The van der Waals surface area contributed by atoms with Crippen molar-refractivity contribution in [1.29, 1.82) is 0 Å². The largest absolute Gasteiger partial charge is 0.477 e. The molecule has 2 rings (SSSR count). The van der Waals surface area contributed by atoms with Gasteiger partial charge in [-0.05, 0) is 32.9 Å². The molecular weight excluding hydrogens is 274 g/mol. The maximum absolute atomic E-state index is 11.3. The zero-order valence-electron chi connectivity index (χ0n) is 12.4. The van der Waals surface area contributed by atoms with Gasteiger partial charge in [0.1, 0.15) is 4.88 Å².